The van der Waals surface area contributed by atoms with Crippen LogP contribution in [0.1, 0.15) is 70.7 Å². The second kappa shape index (κ2) is 6.99. The summed E-state index contributed by atoms with van der Waals surface area (Å²) >= 11 is 0. The van der Waals surface area contributed by atoms with E-state index in [2.05, 4.69) is 97.4 Å². The van der Waals surface area contributed by atoms with Crippen molar-refractivity contribution in [3.63, 3.8) is 0 Å². The maximum Gasteiger partial charge on any atom is 0.0161 e. The molecule has 1 aliphatic rings. The SMILES string of the molecule is CC1=Cc2c(cccc2-c2cc(C(C)(C)C)cc(C(C)(C)C)c2)[CH]1.[Hf]. The average Bonchev–Trinajstić information content (AvgIpc) is 2.84. The van der Waals surface area contributed by atoms with Crippen molar-refractivity contribution in [2.75, 3.05) is 0 Å². The third kappa shape index (κ3) is 4.25. The molecule has 2 aromatic rings. The molecule has 0 fully saturated rings. The summed E-state index contributed by atoms with van der Waals surface area (Å²) in [6.07, 6.45) is 4.59. The molecular weight excluding hydrogens is 467 g/mol. The molecule has 0 atom stereocenters. The van der Waals surface area contributed by atoms with Gasteiger partial charge in [0.05, 0.1) is 0 Å². The first-order valence-corrected chi connectivity index (χ1v) is 8.88. The number of benzene rings is 2. The summed E-state index contributed by atoms with van der Waals surface area (Å²) in [7, 11) is 0. The standard InChI is InChI=1S/C24H29.Hf/c1-16-11-17-9-8-10-21(22(17)12-16)18-13-19(23(2,3)4)15-20(14-18)24(5,6)7;/h8-15H,1-7H3;. The van der Waals surface area contributed by atoms with Crippen molar-refractivity contribution in [2.45, 2.75) is 59.3 Å². The van der Waals surface area contributed by atoms with E-state index in [4.69, 9.17) is 0 Å². The second-order valence-electron chi connectivity index (χ2n) is 9.14. The van der Waals surface area contributed by atoms with Crippen molar-refractivity contribution in [3.8, 4) is 11.1 Å². The van der Waals surface area contributed by atoms with Crippen molar-refractivity contribution in [3.05, 3.63) is 70.6 Å². The van der Waals surface area contributed by atoms with E-state index < -0.39 is 0 Å². The van der Waals surface area contributed by atoms with E-state index in [1.165, 1.54) is 39.0 Å². The van der Waals surface area contributed by atoms with Crippen LogP contribution in [0.3, 0.4) is 0 Å². The Morgan fingerprint density at radius 3 is 1.84 bits per heavy atom. The molecule has 129 valence electrons. The maximum absolute atomic E-state index is 2.39. The molecule has 0 spiro atoms. The Balaban J connectivity index is 0.00000225. The molecule has 3 rings (SSSR count). The summed E-state index contributed by atoms with van der Waals surface area (Å²) in [5, 5.41) is 0. The van der Waals surface area contributed by atoms with E-state index in [9.17, 15) is 0 Å². The zero-order valence-electron chi connectivity index (χ0n) is 16.6. The molecule has 0 aromatic heterocycles. The monoisotopic (exact) mass is 497 g/mol. The van der Waals surface area contributed by atoms with E-state index >= 15 is 0 Å². The minimum atomic E-state index is 0. The normalized spacial score (nSPS) is 14.0. The Hall–Kier alpha value is -0.950. The number of allylic oxidation sites excluding steroid dienone is 1. The molecule has 25 heavy (non-hydrogen) atoms. The van der Waals surface area contributed by atoms with Gasteiger partial charge in [-0.3, -0.25) is 0 Å². The molecule has 0 bridgehead atoms. The Morgan fingerprint density at radius 2 is 1.32 bits per heavy atom. The topological polar surface area (TPSA) is 0 Å². The molecule has 0 saturated carbocycles. The van der Waals surface area contributed by atoms with Gasteiger partial charge in [-0.2, -0.15) is 0 Å². The van der Waals surface area contributed by atoms with E-state index in [0.29, 0.717) is 0 Å². The summed E-state index contributed by atoms with van der Waals surface area (Å²) in [5.74, 6) is 0. The summed E-state index contributed by atoms with van der Waals surface area (Å²) in [4.78, 5) is 0. The van der Waals surface area contributed by atoms with E-state index in [1.807, 2.05) is 0 Å². The third-order valence-corrected chi connectivity index (χ3v) is 4.87. The predicted molar refractivity (Wildman–Crippen MR) is 106 cm³/mol. The Kier molecular flexibility index (Phi) is 5.69. The van der Waals surface area contributed by atoms with Gasteiger partial charge in [-0.15, -0.1) is 0 Å². The molecule has 1 aliphatic carbocycles. The maximum atomic E-state index is 2.39. The van der Waals surface area contributed by atoms with Gasteiger partial charge in [0.2, 0.25) is 0 Å². The molecule has 1 radical (unpaired) electrons. The molecular formula is C24H29Hf. The van der Waals surface area contributed by atoms with Gasteiger partial charge < -0.3 is 0 Å². The first kappa shape index (κ1) is 20.4. The van der Waals surface area contributed by atoms with Gasteiger partial charge in [0.15, 0.2) is 0 Å². The van der Waals surface area contributed by atoms with Gasteiger partial charge in [-0.05, 0) is 51.1 Å². The fourth-order valence-corrected chi connectivity index (χ4v) is 3.29. The summed E-state index contributed by atoms with van der Waals surface area (Å²) in [6, 6.07) is 13.8. The van der Waals surface area contributed by atoms with E-state index in [1.54, 1.807) is 0 Å². The van der Waals surface area contributed by atoms with Crippen LogP contribution in [0.2, 0.25) is 0 Å². The number of fused-ring (bicyclic) bond motifs is 1. The van der Waals surface area contributed by atoms with Crippen molar-refractivity contribution in [1.82, 2.24) is 0 Å². The van der Waals surface area contributed by atoms with Gasteiger partial charge in [0.25, 0.3) is 0 Å². The predicted octanol–water partition coefficient (Wildman–Crippen LogP) is 6.92. The van der Waals surface area contributed by atoms with E-state index in [-0.39, 0.29) is 36.7 Å². The van der Waals surface area contributed by atoms with Crippen LogP contribution in [0, 0.1) is 6.42 Å². The van der Waals surface area contributed by atoms with Crippen LogP contribution in [0.15, 0.2) is 42.0 Å². The average molecular weight is 496 g/mol. The van der Waals surface area contributed by atoms with Crippen molar-refractivity contribution in [1.29, 1.82) is 0 Å². The van der Waals surface area contributed by atoms with Gasteiger partial charge in [-0.1, -0.05) is 89.6 Å². The van der Waals surface area contributed by atoms with Crippen LogP contribution in [-0.4, -0.2) is 0 Å². The van der Waals surface area contributed by atoms with Gasteiger partial charge in [0, 0.05) is 32.3 Å². The van der Waals surface area contributed by atoms with Crippen molar-refractivity contribution < 1.29 is 25.8 Å². The van der Waals surface area contributed by atoms with Crippen LogP contribution >= 0.6 is 0 Å². The quantitative estimate of drug-likeness (QED) is 0.377. The number of hydrogen-bond acceptors (Lipinski definition) is 0. The summed E-state index contributed by atoms with van der Waals surface area (Å²) in [5.41, 5.74) is 9.82. The number of hydrogen-bond donors (Lipinski definition) is 0. The van der Waals surface area contributed by atoms with Crippen molar-refractivity contribution >= 4 is 6.08 Å². The first-order valence-electron chi connectivity index (χ1n) is 8.88. The Morgan fingerprint density at radius 1 is 0.760 bits per heavy atom. The van der Waals surface area contributed by atoms with Crippen LogP contribution in [0.25, 0.3) is 17.2 Å². The largest absolute Gasteiger partial charge is 0.0642 e. The van der Waals surface area contributed by atoms with Gasteiger partial charge in [-0.25, -0.2) is 0 Å². The van der Waals surface area contributed by atoms with Crippen LogP contribution in [0.5, 0.6) is 0 Å². The number of rotatable bonds is 1. The molecule has 0 saturated heterocycles. The minimum Gasteiger partial charge on any atom is -0.0642 e. The molecule has 0 unspecified atom stereocenters. The third-order valence-electron chi connectivity index (χ3n) is 4.87. The van der Waals surface area contributed by atoms with Crippen LogP contribution in [-0.2, 0) is 36.7 Å². The van der Waals surface area contributed by atoms with E-state index in [0.717, 1.165) is 0 Å². The summed E-state index contributed by atoms with van der Waals surface area (Å²) in [6.45, 7) is 16.0. The molecule has 2 aromatic carbocycles. The fourth-order valence-electron chi connectivity index (χ4n) is 3.29. The molecule has 0 amide bonds. The van der Waals surface area contributed by atoms with Gasteiger partial charge >= 0.3 is 0 Å². The molecule has 0 heterocycles. The van der Waals surface area contributed by atoms with Gasteiger partial charge in [0.1, 0.15) is 0 Å². The van der Waals surface area contributed by atoms with Crippen LogP contribution in [0.4, 0.5) is 0 Å². The Bertz CT molecular complexity index is 779. The smallest absolute Gasteiger partial charge is 0.0161 e. The fraction of sp³-hybridized carbons (Fsp3) is 0.375. The molecule has 0 N–H and O–H groups in total. The Labute approximate surface area is 172 Å². The zero-order valence-corrected chi connectivity index (χ0v) is 20.2. The molecule has 0 aliphatic heterocycles. The zero-order chi connectivity index (χ0) is 17.7. The van der Waals surface area contributed by atoms with Crippen LogP contribution < -0.4 is 0 Å². The molecule has 0 nitrogen and oxygen atoms in total. The summed E-state index contributed by atoms with van der Waals surface area (Å²) < 4.78 is 0. The molecule has 1 heteroatoms. The second-order valence-corrected chi connectivity index (χ2v) is 9.14. The minimum absolute atomic E-state index is 0. The van der Waals surface area contributed by atoms with Crippen molar-refractivity contribution in [2.24, 2.45) is 0 Å². The first-order chi connectivity index (χ1) is 11.1.